The van der Waals surface area contributed by atoms with Gasteiger partial charge in [-0.3, -0.25) is 0 Å². The summed E-state index contributed by atoms with van der Waals surface area (Å²) < 4.78 is 0. The van der Waals surface area contributed by atoms with Crippen LogP contribution in [0.4, 0.5) is 0 Å². The van der Waals surface area contributed by atoms with Crippen LogP contribution >= 0.6 is 11.8 Å². The van der Waals surface area contributed by atoms with E-state index in [1.807, 2.05) is 11.8 Å². The lowest BCUT2D eigenvalue weighted by Crippen LogP contribution is -2.17. The zero-order valence-electron chi connectivity index (χ0n) is 9.92. The second kappa shape index (κ2) is 6.91. The Labute approximate surface area is 97.7 Å². The number of nitrogens with one attached hydrogen (secondary N) is 1. The summed E-state index contributed by atoms with van der Waals surface area (Å²) in [6, 6.07) is 8.68. The van der Waals surface area contributed by atoms with E-state index in [9.17, 15) is 0 Å². The second-order valence-corrected chi connectivity index (χ2v) is 5.28. The van der Waals surface area contributed by atoms with Crippen molar-refractivity contribution in [1.29, 1.82) is 0 Å². The molecule has 1 atom stereocenters. The first-order valence-corrected chi connectivity index (χ1v) is 6.80. The van der Waals surface area contributed by atoms with Crippen molar-refractivity contribution < 1.29 is 0 Å². The van der Waals surface area contributed by atoms with Crippen molar-refractivity contribution in [2.45, 2.75) is 32.1 Å². The van der Waals surface area contributed by atoms with E-state index in [-0.39, 0.29) is 0 Å². The molecule has 0 aromatic heterocycles. The van der Waals surface area contributed by atoms with Crippen LogP contribution in [0.3, 0.4) is 0 Å². The summed E-state index contributed by atoms with van der Waals surface area (Å²) in [6.45, 7) is 6.51. The summed E-state index contributed by atoms with van der Waals surface area (Å²) in [7, 11) is 0. The standard InChI is InChI=1S/C13H21NS/c1-11-5-4-6-13(9-11)10-14-8-7-12(2)15-3/h4-6,9,12,14H,7-8,10H2,1-3H3. The predicted octanol–water partition coefficient (Wildman–Crippen LogP) is 3.23. The summed E-state index contributed by atoms with van der Waals surface area (Å²) in [5.74, 6) is 0. The van der Waals surface area contributed by atoms with Crippen molar-refractivity contribution >= 4 is 11.8 Å². The highest BCUT2D eigenvalue weighted by Crippen LogP contribution is 2.08. The Morgan fingerprint density at radius 2 is 2.20 bits per heavy atom. The van der Waals surface area contributed by atoms with Crippen LogP contribution in [0.2, 0.25) is 0 Å². The molecule has 0 aliphatic rings. The third-order valence-corrected chi connectivity index (χ3v) is 3.58. The fourth-order valence-electron chi connectivity index (χ4n) is 1.48. The molecule has 1 aromatic rings. The van der Waals surface area contributed by atoms with Gasteiger partial charge in [-0.05, 0) is 31.7 Å². The maximum absolute atomic E-state index is 3.48. The topological polar surface area (TPSA) is 12.0 Å². The Morgan fingerprint density at radius 1 is 1.40 bits per heavy atom. The van der Waals surface area contributed by atoms with Crippen LogP contribution in [0.15, 0.2) is 24.3 Å². The molecule has 1 nitrogen and oxygen atoms in total. The lowest BCUT2D eigenvalue weighted by atomic mass is 10.1. The molecule has 2 heteroatoms. The van der Waals surface area contributed by atoms with Crippen molar-refractivity contribution in [3.8, 4) is 0 Å². The zero-order valence-corrected chi connectivity index (χ0v) is 10.7. The molecule has 0 heterocycles. The van der Waals surface area contributed by atoms with E-state index in [1.165, 1.54) is 17.5 Å². The quantitative estimate of drug-likeness (QED) is 0.743. The molecule has 15 heavy (non-hydrogen) atoms. The molecule has 0 saturated carbocycles. The predicted molar refractivity (Wildman–Crippen MR) is 70.5 cm³/mol. The first-order valence-electron chi connectivity index (χ1n) is 5.51. The van der Waals surface area contributed by atoms with Crippen LogP contribution in [0.5, 0.6) is 0 Å². The monoisotopic (exact) mass is 223 g/mol. The molecule has 1 unspecified atom stereocenters. The highest BCUT2D eigenvalue weighted by Gasteiger charge is 1.98. The molecule has 0 spiro atoms. The third-order valence-electron chi connectivity index (χ3n) is 2.54. The van der Waals surface area contributed by atoms with Crippen molar-refractivity contribution in [3.05, 3.63) is 35.4 Å². The Morgan fingerprint density at radius 3 is 2.87 bits per heavy atom. The van der Waals surface area contributed by atoms with Gasteiger partial charge in [-0.1, -0.05) is 36.8 Å². The van der Waals surface area contributed by atoms with E-state index in [4.69, 9.17) is 0 Å². The van der Waals surface area contributed by atoms with E-state index in [2.05, 4.69) is 49.7 Å². The van der Waals surface area contributed by atoms with Crippen molar-refractivity contribution in [1.82, 2.24) is 5.32 Å². The SMILES string of the molecule is CSC(C)CCNCc1cccc(C)c1. The molecule has 0 saturated heterocycles. The van der Waals surface area contributed by atoms with Crippen LogP contribution in [0.1, 0.15) is 24.5 Å². The van der Waals surface area contributed by atoms with Gasteiger partial charge in [0.15, 0.2) is 0 Å². The van der Waals surface area contributed by atoms with Crippen molar-refractivity contribution in [2.24, 2.45) is 0 Å². The van der Waals surface area contributed by atoms with Crippen LogP contribution in [-0.4, -0.2) is 18.1 Å². The molecular weight excluding hydrogens is 202 g/mol. The first kappa shape index (κ1) is 12.6. The van der Waals surface area contributed by atoms with Crippen LogP contribution in [0, 0.1) is 6.92 Å². The molecule has 1 rings (SSSR count). The van der Waals surface area contributed by atoms with E-state index in [1.54, 1.807) is 0 Å². The first-order chi connectivity index (χ1) is 7.22. The van der Waals surface area contributed by atoms with Gasteiger partial charge in [0, 0.05) is 11.8 Å². The molecule has 0 radical (unpaired) electrons. The summed E-state index contributed by atoms with van der Waals surface area (Å²) in [5.41, 5.74) is 2.72. The van der Waals surface area contributed by atoms with Gasteiger partial charge in [-0.15, -0.1) is 0 Å². The summed E-state index contributed by atoms with van der Waals surface area (Å²) in [5, 5.41) is 4.24. The summed E-state index contributed by atoms with van der Waals surface area (Å²) >= 11 is 1.93. The molecule has 1 N–H and O–H groups in total. The van der Waals surface area contributed by atoms with Crippen LogP contribution < -0.4 is 5.32 Å². The molecule has 0 amide bonds. The largest absolute Gasteiger partial charge is 0.313 e. The van der Waals surface area contributed by atoms with E-state index >= 15 is 0 Å². The smallest absolute Gasteiger partial charge is 0.0205 e. The normalized spacial score (nSPS) is 12.7. The maximum atomic E-state index is 3.48. The average molecular weight is 223 g/mol. The summed E-state index contributed by atoms with van der Waals surface area (Å²) in [4.78, 5) is 0. The number of benzene rings is 1. The molecule has 84 valence electrons. The fourth-order valence-corrected chi connectivity index (χ4v) is 1.83. The maximum Gasteiger partial charge on any atom is 0.0205 e. The van der Waals surface area contributed by atoms with Gasteiger partial charge in [0.05, 0.1) is 0 Å². The lowest BCUT2D eigenvalue weighted by Gasteiger charge is -2.09. The van der Waals surface area contributed by atoms with Gasteiger partial charge in [0.1, 0.15) is 0 Å². The number of hydrogen-bond donors (Lipinski definition) is 1. The highest BCUT2D eigenvalue weighted by atomic mass is 32.2. The minimum Gasteiger partial charge on any atom is -0.313 e. The number of aryl methyl sites for hydroxylation is 1. The van der Waals surface area contributed by atoms with Gasteiger partial charge < -0.3 is 5.32 Å². The van der Waals surface area contributed by atoms with Gasteiger partial charge in [-0.25, -0.2) is 0 Å². The molecule has 0 bridgehead atoms. The lowest BCUT2D eigenvalue weighted by molar-refractivity contribution is 0.648. The number of thioether (sulfide) groups is 1. The second-order valence-electron chi connectivity index (χ2n) is 4.00. The fraction of sp³-hybridized carbons (Fsp3) is 0.538. The molecule has 0 aliphatic carbocycles. The third kappa shape index (κ3) is 5.24. The van der Waals surface area contributed by atoms with Crippen LogP contribution in [-0.2, 0) is 6.54 Å². The van der Waals surface area contributed by atoms with Gasteiger partial charge in [0.2, 0.25) is 0 Å². The Hall–Kier alpha value is -0.470. The van der Waals surface area contributed by atoms with Crippen molar-refractivity contribution in [2.75, 3.05) is 12.8 Å². The zero-order chi connectivity index (χ0) is 11.1. The molecule has 0 aliphatic heterocycles. The number of rotatable bonds is 6. The van der Waals surface area contributed by atoms with E-state index in [0.29, 0.717) is 0 Å². The van der Waals surface area contributed by atoms with Gasteiger partial charge in [-0.2, -0.15) is 11.8 Å². The summed E-state index contributed by atoms with van der Waals surface area (Å²) in [6.07, 6.45) is 3.41. The number of hydrogen-bond acceptors (Lipinski definition) is 2. The van der Waals surface area contributed by atoms with E-state index < -0.39 is 0 Å². The minimum absolute atomic E-state index is 0.759. The molecule has 0 fully saturated rings. The minimum atomic E-state index is 0.759. The van der Waals surface area contributed by atoms with Gasteiger partial charge in [0.25, 0.3) is 0 Å². The molecule has 1 aromatic carbocycles. The molecular formula is C13H21NS. The Balaban J connectivity index is 2.20. The highest BCUT2D eigenvalue weighted by molar-refractivity contribution is 7.99. The van der Waals surface area contributed by atoms with E-state index in [0.717, 1.165) is 18.3 Å². The van der Waals surface area contributed by atoms with Crippen molar-refractivity contribution in [3.63, 3.8) is 0 Å². The van der Waals surface area contributed by atoms with Gasteiger partial charge >= 0.3 is 0 Å². The van der Waals surface area contributed by atoms with Crippen LogP contribution in [0.25, 0.3) is 0 Å². The Kier molecular flexibility index (Phi) is 5.81. The Bertz CT molecular complexity index is 286. The average Bonchev–Trinajstić information content (AvgIpc) is 2.24.